The molecule has 1 aliphatic rings. The molecule has 167 valence electrons. The molecule has 5 nitrogen and oxygen atoms in total. The van der Waals surface area contributed by atoms with Gasteiger partial charge < -0.3 is 15.6 Å². The molecule has 1 aliphatic carbocycles. The first-order valence-corrected chi connectivity index (χ1v) is 11.0. The second-order valence-electron chi connectivity index (χ2n) is 9.34. The van der Waals surface area contributed by atoms with Gasteiger partial charge >= 0.3 is 0 Å². The second-order valence-corrected chi connectivity index (χ2v) is 9.34. The van der Waals surface area contributed by atoms with Crippen LogP contribution in [0.2, 0.25) is 0 Å². The highest BCUT2D eigenvalue weighted by atomic mass is 19.1. The topological polar surface area (TPSA) is 72.9 Å². The van der Waals surface area contributed by atoms with Gasteiger partial charge in [0.1, 0.15) is 11.6 Å². The summed E-state index contributed by atoms with van der Waals surface area (Å²) in [6, 6.07) is 16.4. The number of imidazole rings is 1. The third-order valence-electron chi connectivity index (χ3n) is 6.00. The van der Waals surface area contributed by atoms with Crippen LogP contribution in [0.25, 0.3) is 11.3 Å². The second kappa shape index (κ2) is 8.87. The van der Waals surface area contributed by atoms with Gasteiger partial charge in [-0.2, -0.15) is 0 Å². The number of nitrogens with two attached hydrogens (primary N) is 1. The molecule has 1 fully saturated rings. The number of amides is 1. The van der Waals surface area contributed by atoms with Crippen LogP contribution in [-0.4, -0.2) is 27.5 Å². The van der Waals surface area contributed by atoms with Crippen LogP contribution in [0.5, 0.6) is 0 Å². The van der Waals surface area contributed by atoms with Crippen molar-refractivity contribution in [1.82, 2.24) is 14.9 Å². The van der Waals surface area contributed by atoms with Crippen LogP contribution in [0.1, 0.15) is 44.5 Å². The fraction of sp³-hybridized carbons (Fsp3) is 0.346. The van der Waals surface area contributed by atoms with E-state index in [1.807, 2.05) is 67.4 Å². The van der Waals surface area contributed by atoms with Crippen LogP contribution < -0.4 is 11.1 Å². The molecule has 2 aromatic carbocycles. The summed E-state index contributed by atoms with van der Waals surface area (Å²) < 4.78 is 15.8. The first-order chi connectivity index (χ1) is 15.2. The summed E-state index contributed by atoms with van der Waals surface area (Å²) in [5.41, 5.74) is 7.75. The molecule has 3 N–H and O–H groups in total. The molecule has 1 amide bonds. The zero-order chi connectivity index (χ0) is 22.8. The summed E-state index contributed by atoms with van der Waals surface area (Å²) in [7, 11) is 0. The van der Waals surface area contributed by atoms with E-state index in [9.17, 15) is 9.18 Å². The summed E-state index contributed by atoms with van der Waals surface area (Å²) in [6.45, 7) is 4.92. The molecule has 32 heavy (non-hydrogen) atoms. The van der Waals surface area contributed by atoms with Gasteiger partial charge in [0.05, 0.1) is 11.1 Å². The lowest BCUT2D eigenvalue weighted by molar-refractivity contribution is -0.127. The average Bonchev–Trinajstić information content (AvgIpc) is 3.37. The maximum Gasteiger partial charge on any atom is 0.226 e. The van der Waals surface area contributed by atoms with Gasteiger partial charge in [0.25, 0.3) is 0 Å². The lowest BCUT2D eigenvalue weighted by Crippen LogP contribution is -2.40. The Balaban J connectivity index is 1.55. The largest absolute Gasteiger partial charge is 0.356 e. The predicted octanol–water partition coefficient (Wildman–Crippen LogP) is 4.31. The van der Waals surface area contributed by atoms with E-state index in [-0.39, 0.29) is 17.3 Å². The number of aromatic nitrogens is 2. The normalized spacial score (nSPS) is 14.9. The Morgan fingerprint density at radius 3 is 2.66 bits per heavy atom. The van der Waals surface area contributed by atoms with Gasteiger partial charge in [0.2, 0.25) is 5.91 Å². The molecule has 0 bridgehead atoms. The lowest BCUT2D eigenvalue weighted by Gasteiger charge is -2.24. The van der Waals surface area contributed by atoms with Crippen LogP contribution in [0.15, 0.2) is 60.8 Å². The Kier molecular flexibility index (Phi) is 6.15. The van der Waals surface area contributed by atoms with Gasteiger partial charge in [-0.1, -0.05) is 56.3 Å². The monoisotopic (exact) mass is 433 g/mol. The van der Waals surface area contributed by atoms with Gasteiger partial charge in [-0.25, -0.2) is 9.37 Å². The molecule has 1 heterocycles. The van der Waals surface area contributed by atoms with Crippen molar-refractivity contribution >= 4 is 5.91 Å². The zero-order valence-electron chi connectivity index (χ0n) is 18.6. The number of benzene rings is 2. The van der Waals surface area contributed by atoms with Gasteiger partial charge in [-0.3, -0.25) is 4.79 Å². The fourth-order valence-corrected chi connectivity index (χ4v) is 3.69. The van der Waals surface area contributed by atoms with E-state index in [0.29, 0.717) is 30.2 Å². The summed E-state index contributed by atoms with van der Waals surface area (Å²) in [5, 5.41) is 3.02. The van der Waals surface area contributed by atoms with E-state index in [0.717, 1.165) is 24.8 Å². The number of hydrogen-bond acceptors (Lipinski definition) is 3. The van der Waals surface area contributed by atoms with Crippen LogP contribution in [0, 0.1) is 17.7 Å². The third kappa shape index (κ3) is 5.43. The lowest BCUT2D eigenvalue weighted by atomic mass is 9.87. The fourth-order valence-electron chi connectivity index (χ4n) is 3.69. The first kappa shape index (κ1) is 22.2. The molecule has 0 spiro atoms. The van der Waals surface area contributed by atoms with Gasteiger partial charge in [0.15, 0.2) is 0 Å². The molecular weight excluding hydrogens is 403 g/mol. The van der Waals surface area contributed by atoms with Crippen molar-refractivity contribution in [1.29, 1.82) is 0 Å². The number of nitrogens with one attached hydrogen (secondary N) is 1. The SMILES string of the molecule is CC(C)([CH]c1nc(-c2cccc(F)c2)cn1Cc1ccccc1)C(=O)NCCC1(N)CC1. The molecule has 0 saturated heterocycles. The first-order valence-electron chi connectivity index (χ1n) is 11.0. The molecular formula is C26H30FN4O. The number of rotatable bonds is 9. The Labute approximate surface area is 188 Å². The van der Waals surface area contributed by atoms with Crippen molar-refractivity contribution in [3.63, 3.8) is 0 Å². The number of halogens is 1. The van der Waals surface area contributed by atoms with Crippen molar-refractivity contribution in [2.24, 2.45) is 11.1 Å². The summed E-state index contributed by atoms with van der Waals surface area (Å²) in [6.07, 6.45) is 6.63. The van der Waals surface area contributed by atoms with E-state index in [1.54, 1.807) is 6.07 Å². The van der Waals surface area contributed by atoms with Crippen molar-refractivity contribution in [3.8, 4) is 11.3 Å². The minimum Gasteiger partial charge on any atom is -0.356 e. The number of carbonyl (C=O) groups excluding carboxylic acids is 1. The molecule has 6 heteroatoms. The Morgan fingerprint density at radius 1 is 1.22 bits per heavy atom. The van der Waals surface area contributed by atoms with E-state index >= 15 is 0 Å². The smallest absolute Gasteiger partial charge is 0.226 e. The molecule has 4 rings (SSSR count). The van der Waals surface area contributed by atoms with Gasteiger partial charge in [-0.15, -0.1) is 0 Å². The number of nitrogens with zero attached hydrogens (tertiary/aromatic N) is 2. The zero-order valence-corrected chi connectivity index (χ0v) is 18.6. The average molecular weight is 434 g/mol. The van der Waals surface area contributed by atoms with E-state index in [2.05, 4.69) is 5.32 Å². The highest BCUT2D eigenvalue weighted by molar-refractivity contribution is 5.83. The minimum atomic E-state index is -0.774. The molecule has 1 aromatic heterocycles. The number of carbonyl (C=O) groups is 1. The highest BCUT2D eigenvalue weighted by Crippen LogP contribution is 2.35. The quantitative estimate of drug-likeness (QED) is 0.528. The highest BCUT2D eigenvalue weighted by Gasteiger charge is 2.38. The van der Waals surface area contributed by atoms with Crippen LogP contribution in [-0.2, 0) is 11.3 Å². The molecule has 3 aromatic rings. The molecule has 0 aliphatic heterocycles. The maximum atomic E-state index is 13.8. The maximum absolute atomic E-state index is 13.8. The minimum absolute atomic E-state index is 0.0664. The molecule has 0 atom stereocenters. The van der Waals surface area contributed by atoms with Crippen molar-refractivity contribution < 1.29 is 9.18 Å². The molecule has 1 saturated carbocycles. The van der Waals surface area contributed by atoms with E-state index in [4.69, 9.17) is 10.7 Å². The number of hydrogen-bond donors (Lipinski definition) is 2. The molecule has 0 unspecified atom stereocenters. The van der Waals surface area contributed by atoms with E-state index in [1.165, 1.54) is 12.1 Å². The Hall–Kier alpha value is -2.99. The predicted molar refractivity (Wildman–Crippen MR) is 124 cm³/mol. The van der Waals surface area contributed by atoms with Crippen LogP contribution in [0.3, 0.4) is 0 Å². The molecule has 1 radical (unpaired) electrons. The summed E-state index contributed by atoms with van der Waals surface area (Å²) in [5.74, 6) is 0.299. The summed E-state index contributed by atoms with van der Waals surface area (Å²) >= 11 is 0. The standard InChI is InChI=1S/C26H30FN4O/c1-25(2,24(32)29-14-13-26(28)11-12-26)16-23-30-22(20-9-6-10-21(27)15-20)18-31(23)17-19-7-4-3-5-8-19/h3-10,15-16,18H,11-14,17,28H2,1-2H3,(H,29,32). The Bertz CT molecular complexity index is 1090. The van der Waals surface area contributed by atoms with Crippen molar-refractivity contribution in [2.45, 2.75) is 45.2 Å². The van der Waals surface area contributed by atoms with Gasteiger partial charge in [0, 0.05) is 36.8 Å². The van der Waals surface area contributed by atoms with Crippen LogP contribution >= 0.6 is 0 Å². The summed E-state index contributed by atoms with van der Waals surface area (Å²) in [4.78, 5) is 17.7. The van der Waals surface area contributed by atoms with Gasteiger partial charge in [-0.05, 0) is 37.0 Å². The van der Waals surface area contributed by atoms with Crippen molar-refractivity contribution in [3.05, 3.63) is 84.4 Å². The third-order valence-corrected chi connectivity index (χ3v) is 6.00. The van der Waals surface area contributed by atoms with Crippen molar-refractivity contribution in [2.75, 3.05) is 6.54 Å². The van der Waals surface area contributed by atoms with Crippen LogP contribution in [0.4, 0.5) is 4.39 Å². The van der Waals surface area contributed by atoms with E-state index < -0.39 is 5.41 Å². The Morgan fingerprint density at radius 2 is 1.97 bits per heavy atom.